The lowest BCUT2D eigenvalue weighted by Crippen LogP contribution is -2.06. The van der Waals surface area contributed by atoms with Crippen LogP contribution in [0.2, 0.25) is 10.0 Å². The van der Waals surface area contributed by atoms with E-state index in [9.17, 15) is 9.59 Å². The van der Waals surface area contributed by atoms with Crippen LogP contribution in [0, 0.1) is 13.8 Å². The molecule has 27 heavy (non-hydrogen) atoms. The zero-order valence-electron chi connectivity index (χ0n) is 14.7. The van der Waals surface area contributed by atoms with Gasteiger partial charge in [-0.05, 0) is 60.9 Å². The maximum absolute atomic E-state index is 12.0. The average Bonchev–Trinajstić information content (AvgIpc) is 2.60. The third-order valence-corrected chi connectivity index (χ3v) is 4.74. The second kappa shape index (κ2) is 7.99. The van der Waals surface area contributed by atoms with Crippen LogP contribution < -0.4 is 5.63 Å². The lowest BCUT2D eigenvalue weighted by Gasteiger charge is -2.08. The molecule has 0 N–H and O–H groups in total. The van der Waals surface area contributed by atoms with E-state index in [1.807, 2.05) is 19.9 Å². The Kier molecular flexibility index (Phi) is 5.68. The van der Waals surface area contributed by atoms with Crippen molar-refractivity contribution >= 4 is 46.2 Å². The van der Waals surface area contributed by atoms with E-state index in [4.69, 9.17) is 32.4 Å². The van der Waals surface area contributed by atoms with Gasteiger partial charge in [0.15, 0.2) is 0 Å². The number of carbonyl (C=O) groups excluding carboxylic acids is 1. The van der Waals surface area contributed by atoms with Crippen LogP contribution in [0.15, 0.2) is 51.7 Å². The molecule has 138 valence electrons. The predicted molar refractivity (Wildman–Crippen MR) is 107 cm³/mol. The first-order valence-corrected chi connectivity index (χ1v) is 8.93. The fourth-order valence-electron chi connectivity index (χ4n) is 2.59. The largest absolute Gasteiger partial charge is 0.458 e. The summed E-state index contributed by atoms with van der Waals surface area (Å²) in [5.74, 6) is -0.550. The molecule has 6 heteroatoms. The molecule has 3 aromatic rings. The van der Waals surface area contributed by atoms with Gasteiger partial charge in [-0.2, -0.15) is 0 Å². The first-order valence-electron chi connectivity index (χ1n) is 8.17. The van der Waals surface area contributed by atoms with E-state index in [1.54, 1.807) is 30.3 Å². The lowest BCUT2D eigenvalue weighted by molar-refractivity contribution is -0.138. The van der Waals surface area contributed by atoms with Crippen molar-refractivity contribution in [3.05, 3.63) is 85.2 Å². The topological polar surface area (TPSA) is 56.5 Å². The number of esters is 1. The first kappa shape index (κ1) is 19.2. The number of halogens is 2. The van der Waals surface area contributed by atoms with E-state index < -0.39 is 11.6 Å². The van der Waals surface area contributed by atoms with E-state index in [0.29, 0.717) is 26.8 Å². The van der Waals surface area contributed by atoms with E-state index >= 15 is 0 Å². The number of hydrogen-bond donors (Lipinski definition) is 0. The molecule has 0 aliphatic rings. The second-order valence-corrected chi connectivity index (χ2v) is 6.97. The van der Waals surface area contributed by atoms with Gasteiger partial charge in [-0.15, -0.1) is 0 Å². The quantitative estimate of drug-likeness (QED) is 0.329. The molecule has 0 bridgehead atoms. The van der Waals surface area contributed by atoms with Crippen LogP contribution in [0.5, 0.6) is 0 Å². The normalized spacial score (nSPS) is 11.3. The van der Waals surface area contributed by atoms with Crippen LogP contribution in [-0.2, 0) is 16.1 Å². The van der Waals surface area contributed by atoms with E-state index in [0.717, 1.165) is 16.5 Å². The van der Waals surface area contributed by atoms with Gasteiger partial charge in [0.25, 0.3) is 0 Å². The Morgan fingerprint density at radius 3 is 2.59 bits per heavy atom. The smallest absolute Gasteiger partial charge is 0.336 e. The molecule has 4 nitrogen and oxygen atoms in total. The summed E-state index contributed by atoms with van der Waals surface area (Å²) in [5, 5.41) is 1.69. The van der Waals surface area contributed by atoms with Crippen LogP contribution >= 0.6 is 23.2 Å². The first-order chi connectivity index (χ1) is 12.8. The molecule has 0 atom stereocenters. The van der Waals surface area contributed by atoms with Gasteiger partial charge in [0.2, 0.25) is 0 Å². The predicted octanol–water partition coefficient (Wildman–Crippen LogP) is 5.47. The second-order valence-electron chi connectivity index (χ2n) is 6.13. The van der Waals surface area contributed by atoms with Crippen LogP contribution in [0.1, 0.15) is 22.3 Å². The van der Waals surface area contributed by atoms with Gasteiger partial charge in [-0.1, -0.05) is 29.3 Å². The number of hydrogen-bond acceptors (Lipinski definition) is 4. The Bertz CT molecular complexity index is 1110. The minimum atomic E-state index is -0.550. The zero-order valence-corrected chi connectivity index (χ0v) is 16.2. The third kappa shape index (κ3) is 4.59. The molecule has 0 aliphatic heterocycles. The number of ether oxygens (including phenoxy) is 1. The molecule has 1 aromatic heterocycles. The van der Waals surface area contributed by atoms with Crippen LogP contribution in [-0.4, -0.2) is 5.97 Å². The Hall–Kier alpha value is -2.56. The minimum absolute atomic E-state index is 0.0396. The number of aryl methyl sites for hydroxylation is 2. The summed E-state index contributed by atoms with van der Waals surface area (Å²) in [6.45, 7) is 3.87. The maximum Gasteiger partial charge on any atom is 0.336 e. The van der Waals surface area contributed by atoms with Gasteiger partial charge in [-0.25, -0.2) is 9.59 Å². The Labute approximate surface area is 166 Å². The Morgan fingerprint density at radius 2 is 1.85 bits per heavy atom. The van der Waals surface area contributed by atoms with Crippen molar-refractivity contribution in [1.29, 1.82) is 0 Å². The number of fused-ring (bicyclic) bond motifs is 1. The number of benzene rings is 2. The van der Waals surface area contributed by atoms with Gasteiger partial charge in [0, 0.05) is 33.1 Å². The lowest BCUT2D eigenvalue weighted by atomic mass is 10.0. The molecule has 0 aliphatic carbocycles. The highest BCUT2D eigenvalue weighted by Gasteiger charge is 2.09. The molecule has 0 amide bonds. The van der Waals surface area contributed by atoms with Gasteiger partial charge in [-0.3, -0.25) is 0 Å². The molecule has 0 unspecified atom stereocenters. The molecule has 3 rings (SSSR count). The monoisotopic (exact) mass is 402 g/mol. The molecule has 0 saturated heterocycles. The minimum Gasteiger partial charge on any atom is -0.458 e. The summed E-state index contributed by atoms with van der Waals surface area (Å²) in [5.41, 5.74) is 3.30. The van der Waals surface area contributed by atoms with Crippen molar-refractivity contribution < 1.29 is 13.9 Å². The third-order valence-electron chi connectivity index (χ3n) is 4.18. The van der Waals surface area contributed by atoms with Crippen molar-refractivity contribution in [1.82, 2.24) is 0 Å². The van der Waals surface area contributed by atoms with Gasteiger partial charge >= 0.3 is 11.6 Å². The van der Waals surface area contributed by atoms with Gasteiger partial charge < -0.3 is 9.15 Å². The molecule has 0 fully saturated rings. The van der Waals surface area contributed by atoms with Crippen molar-refractivity contribution in [2.24, 2.45) is 0 Å². The fraction of sp³-hybridized carbons (Fsp3) is 0.143. The molecule has 2 aromatic carbocycles. The summed E-state index contributed by atoms with van der Waals surface area (Å²) in [4.78, 5) is 23.8. The molecule has 0 saturated carbocycles. The Balaban J connectivity index is 1.78. The summed E-state index contributed by atoms with van der Waals surface area (Å²) in [7, 11) is 0. The molecule has 1 heterocycles. The summed E-state index contributed by atoms with van der Waals surface area (Å²) >= 11 is 11.9. The van der Waals surface area contributed by atoms with E-state index in [1.165, 1.54) is 12.1 Å². The van der Waals surface area contributed by atoms with Gasteiger partial charge in [0.1, 0.15) is 12.2 Å². The maximum atomic E-state index is 12.0. The van der Waals surface area contributed by atoms with Crippen LogP contribution in [0.25, 0.3) is 17.0 Å². The average molecular weight is 403 g/mol. The molecular formula is C21H16Cl2O4. The molecule has 0 spiro atoms. The van der Waals surface area contributed by atoms with Crippen molar-refractivity contribution in [2.75, 3.05) is 0 Å². The summed E-state index contributed by atoms with van der Waals surface area (Å²) in [6.07, 6.45) is 2.82. The van der Waals surface area contributed by atoms with E-state index in [2.05, 4.69) is 0 Å². The highest BCUT2D eigenvalue weighted by atomic mass is 35.5. The van der Waals surface area contributed by atoms with Crippen molar-refractivity contribution in [3.63, 3.8) is 0 Å². The zero-order chi connectivity index (χ0) is 19.6. The van der Waals surface area contributed by atoms with Crippen LogP contribution in [0.3, 0.4) is 0 Å². The number of carbonyl (C=O) groups is 1. The highest BCUT2D eigenvalue weighted by molar-refractivity contribution is 6.35. The summed E-state index contributed by atoms with van der Waals surface area (Å²) in [6, 6.07) is 10.0. The molecular weight excluding hydrogens is 387 g/mol. The molecule has 0 radical (unpaired) electrons. The van der Waals surface area contributed by atoms with Crippen LogP contribution in [0.4, 0.5) is 0 Å². The number of rotatable bonds is 4. The van der Waals surface area contributed by atoms with E-state index in [-0.39, 0.29) is 6.61 Å². The fourth-order valence-corrected chi connectivity index (χ4v) is 3.07. The van der Waals surface area contributed by atoms with Gasteiger partial charge in [0.05, 0.1) is 0 Å². The summed E-state index contributed by atoms with van der Waals surface area (Å²) < 4.78 is 10.5. The SMILES string of the molecule is Cc1cc2oc(=O)cc(COC(=O)/C=C/c3ccc(Cl)cc3Cl)c2cc1C. The van der Waals surface area contributed by atoms with Crippen molar-refractivity contribution in [3.8, 4) is 0 Å². The standard InChI is InChI=1S/C21H16Cl2O4/c1-12-7-17-15(9-21(25)27-19(17)8-13(12)2)11-26-20(24)6-4-14-3-5-16(22)10-18(14)23/h3-10H,11H2,1-2H3/b6-4+. The Morgan fingerprint density at radius 1 is 1.11 bits per heavy atom. The highest BCUT2D eigenvalue weighted by Crippen LogP contribution is 2.23. The van der Waals surface area contributed by atoms with Crippen molar-refractivity contribution in [2.45, 2.75) is 20.5 Å².